The van der Waals surface area contributed by atoms with Crippen LogP contribution < -0.4 is 0 Å². The Hall–Kier alpha value is -1.34. The Morgan fingerprint density at radius 3 is 2.67 bits per heavy atom. The van der Waals surface area contributed by atoms with Gasteiger partial charge >= 0.3 is 0 Å². The van der Waals surface area contributed by atoms with Gasteiger partial charge < -0.3 is 4.90 Å². The summed E-state index contributed by atoms with van der Waals surface area (Å²) in [6.07, 6.45) is 0.963. The standard InChI is InChI=1S/C14H20N2OS/c1-5-12-11(4)7-13(18-12)14(17)16(6-2)9-10(3)8-15/h7,10H,5-6,9H2,1-4H3/t10-/m0/s1. The Labute approximate surface area is 113 Å². The van der Waals surface area contributed by atoms with E-state index in [1.807, 2.05) is 26.8 Å². The first-order chi connectivity index (χ1) is 8.53. The molecule has 1 amide bonds. The minimum atomic E-state index is -0.124. The molecule has 0 aliphatic rings. The molecule has 0 radical (unpaired) electrons. The second-order valence-electron chi connectivity index (χ2n) is 4.44. The molecule has 0 N–H and O–H groups in total. The molecular formula is C14H20N2OS. The second kappa shape index (κ2) is 6.55. The van der Waals surface area contributed by atoms with Crippen molar-refractivity contribution in [2.75, 3.05) is 13.1 Å². The number of aryl methyl sites for hydroxylation is 2. The van der Waals surface area contributed by atoms with E-state index < -0.39 is 0 Å². The quantitative estimate of drug-likeness (QED) is 0.819. The molecule has 3 nitrogen and oxygen atoms in total. The summed E-state index contributed by atoms with van der Waals surface area (Å²) < 4.78 is 0. The number of thiophene rings is 1. The van der Waals surface area contributed by atoms with Gasteiger partial charge in [-0.3, -0.25) is 4.79 Å². The van der Waals surface area contributed by atoms with E-state index in [0.717, 1.165) is 11.3 Å². The van der Waals surface area contributed by atoms with Crippen molar-refractivity contribution in [2.45, 2.75) is 34.1 Å². The third kappa shape index (κ3) is 3.33. The van der Waals surface area contributed by atoms with Gasteiger partial charge in [-0.1, -0.05) is 6.92 Å². The molecule has 0 aliphatic heterocycles. The smallest absolute Gasteiger partial charge is 0.263 e. The molecule has 1 heterocycles. The Morgan fingerprint density at radius 1 is 1.56 bits per heavy atom. The lowest BCUT2D eigenvalue weighted by atomic mass is 10.2. The van der Waals surface area contributed by atoms with E-state index in [-0.39, 0.29) is 11.8 Å². The van der Waals surface area contributed by atoms with E-state index in [1.165, 1.54) is 10.4 Å². The van der Waals surface area contributed by atoms with E-state index in [4.69, 9.17) is 5.26 Å². The normalized spacial score (nSPS) is 11.9. The zero-order chi connectivity index (χ0) is 13.7. The van der Waals surface area contributed by atoms with Crippen LogP contribution in [0.25, 0.3) is 0 Å². The second-order valence-corrected chi connectivity index (χ2v) is 5.58. The fourth-order valence-corrected chi connectivity index (χ4v) is 2.94. The molecule has 0 aromatic carbocycles. The lowest BCUT2D eigenvalue weighted by molar-refractivity contribution is 0.0757. The van der Waals surface area contributed by atoms with E-state index >= 15 is 0 Å². The molecule has 0 fully saturated rings. The maximum atomic E-state index is 12.3. The Balaban J connectivity index is 2.86. The highest BCUT2D eigenvalue weighted by Gasteiger charge is 2.19. The van der Waals surface area contributed by atoms with Crippen molar-refractivity contribution in [1.82, 2.24) is 4.90 Å². The minimum absolute atomic E-state index is 0.0485. The maximum Gasteiger partial charge on any atom is 0.263 e. The molecule has 1 rings (SSSR count). The monoisotopic (exact) mass is 264 g/mol. The van der Waals surface area contributed by atoms with Crippen LogP contribution in [-0.2, 0) is 6.42 Å². The molecule has 0 aliphatic carbocycles. The fraction of sp³-hybridized carbons (Fsp3) is 0.571. The molecule has 18 heavy (non-hydrogen) atoms. The molecule has 0 spiro atoms. The lowest BCUT2D eigenvalue weighted by Gasteiger charge is -2.21. The number of carbonyl (C=O) groups excluding carboxylic acids is 1. The summed E-state index contributed by atoms with van der Waals surface area (Å²) in [5.41, 5.74) is 1.19. The van der Waals surface area contributed by atoms with Gasteiger partial charge in [-0.15, -0.1) is 11.3 Å². The first kappa shape index (κ1) is 14.7. The van der Waals surface area contributed by atoms with Crippen LogP contribution in [0.3, 0.4) is 0 Å². The van der Waals surface area contributed by atoms with Crippen molar-refractivity contribution in [1.29, 1.82) is 5.26 Å². The summed E-state index contributed by atoms with van der Waals surface area (Å²) in [7, 11) is 0. The van der Waals surface area contributed by atoms with Crippen LogP contribution in [0.2, 0.25) is 0 Å². The van der Waals surface area contributed by atoms with Crippen molar-refractivity contribution >= 4 is 17.2 Å². The molecule has 1 aromatic heterocycles. The third-order valence-electron chi connectivity index (χ3n) is 2.94. The van der Waals surface area contributed by atoms with Crippen molar-refractivity contribution in [3.63, 3.8) is 0 Å². The van der Waals surface area contributed by atoms with E-state index in [1.54, 1.807) is 16.2 Å². The first-order valence-electron chi connectivity index (χ1n) is 6.31. The van der Waals surface area contributed by atoms with Gasteiger partial charge in [-0.05, 0) is 38.8 Å². The van der Waals surface area contributed by atoms with Gasteiger partial charge in [0.25, 0.3) is 5.91 Å². The molecule has 0 bridgehead atoms. The zero-order valence-corrected chi connectivity index (χ0v) is 12.3. The van der Waals surface area contributed by atoms with Gasteiger partial charge in [0.05, 0.1) is 16.9 Å². The average Bonchev–Trinajstić information content (AvgIpc) is 2.76. The van der Waals surface area contributed by atoms with Crippen molar-refractivity contribution < 1.29 is 4.79 Å². The number of hydrogen-bond acceptors (Lipinski definition) is 3. The van der Waals surface area contributed by atoms with Crippen LogP contribution >= 0.6 is 11.3 Å². The maximum absolute atomic E-state index is 12.3. The van der Waals surface area contributed by atoms with Crippen molar-refractivity contribution in [3.05, 3.63) is 21.4 Å². The van der Waals surface area contributed by atoms with Crippen LogP contribution in [-0.4, -0.2) is 23.9 Å². The van der Waals surface area contributed by atoms with Crippen molar-refractivity contribution in [2.24, 2.45) is 5.92 Å². The number of hydrogen-bond donors (Lipinski definition) is 0. The van der Waals surface area contributed by atoms with Crippen LogP contribution in [0, 0.1) is 24.2 Å². The molecule has 0 saturated heterocycles. The lowest BCUT2D eigenvalue weighted by Crippen LogP contribution is -2.33. The number of nitriles is 1. The van der Waals surface area contributed by atoms with Gasteiger partial charge in [0.1, 0.15) is 0 Å². The van der Waals surface area contributed by atoms with Gasteiger partial charge in [-0.25, -0.2) is 0 Å². The minimum Gasteiger partial charge on any atom is -0.337 e. The molecule has 1 aromatic rings. The van der Waals surface area contributed by atoms with Crippen LogP contribution in [0.5, 0.6) is 0 Å². The van der Waals surface area contributed by atoms with Crippen LogP contribution in [0.4, 0.5) is 0 Å². The average molecular weight is 264 g/mol. The van der Waals surface area contributed by atoms with Crippen molar-refractivity contribution in [3.8, 4) is 6.07 Å². The Kier molecular flexibility index (Phi) is 5.36. The number of carbonyl (C=O) groups is 1. The topological polar surface area (TPSA) is 44.1 Å². The zero-order valence-electron chi connectivity index (χ0n) is 11.5. The highest BCUT2D eigenvalue weighted by atomic mass is 32.1. The van der Waals surface area contributed by atoms with E-state index in [9.17, 15) is 4.79 Å². The highest BCUT2D eigenvalue weighted by molar-refractivity contribution is 7.14. The number of amides is 1. The SMILES string of the molecule is CCc1sc(C(=O)N(CC)C[C@@H](C)C#N)cc1C. The van der Waals surface area contributed by atoms with Crippen LogP contribution in [0.15, 0.2) is 6.07 Å². The third-order valence-corrected chi connectivity index (χ3v) is 4.31. The molecular weight excluding hydrogens is 244 g/mol. The Bertz CT molecular complexity index is 459. The van der Waals surface area contributed by atoms with Gasteiger partial charge in [-0.2, -0.15) is 5.26 Å². The molecule has 4 heteroatoms. The predicted octanol–water partition coefficient (Wildman–Crippen LogP) is 3.24. The fourth-order valence-electron chi connectivity index (χ4n) is 1.86. The summed E-state index contributed by atoms with van der Waals surface area (Å²) >= 11 is 1.57. The number of nitrogens with zero attached hydrogens (tertiary/aromatic N) is 2. The van der Waals surface area contributed by atoms with E-state index in [2.05, 4.69) is 13.0 Å². The predicted molar refractivity (Wildman–Crippen MR) is 74.8 cm³/mol. The highest BCUT2D eigenvalue weighted by Crippen LogP contribution is 2.23. The Morgan fingerprint density at radius 2 is 2.22 bits per heavy atom. The summed E-state index contributed by atoms with van der Waals surface area (Å²) in [5, 5.41) is 8.83. The largest absolute Gasteiger partial charge is 0.337 e. The summed E-state index contributed by atoms with van der Waals surface area (Å²) in [6, 6.07) is 4.14. The van der Waals surface area contributed by atoms with Crippen LogP contribution in [0.1, 0.15) is 40.9 Å². The van der Waals surface area contributed by atoms with Gasteiger partial charge in [0, 0.05) is 18.0 Å². The van der Waals surface area contributed by atoms with Gasteiger partial charge in [0.15, 0.2) is 0 Å². The summed E-state index contributed by atoms with van der Waals surface area (Å²) in [5.74, 6) is -0.0759. The van der Waals surface area contributed by atoms with Gasteiger partial charge in [0.2, 0.25) is 0 Å². The van der Waals surface area contributed by atoms with E-state index in [0.29, 0.717) is 13.1 Å². The molecule has 0 saturated carbocycles. The summed E-state index contributed by atoms with van der Waals surface area (Å²) in [6.45, 7) is 9.08. The first-order valence-corrected chi connectivity index (χ1v) is 7.13. The molecule has 98 valence electrons. The number of rotatable bonds is 5. The molecule has 1 atom stereocenters. The molecule has 0 unspecified atom stereocenters. The summed E-state index contributed by atoms with van der Waals surface area (Å²) in [4.78, 5) is 16.1.